The van der Waals surface area contributed by atoms with Gasteiger partial charge < -0.3 is 15.5 Å². The molecule has 0 radical (unpaired) electrons. The van der Waals surface area contributed by atoms with E-state index < -0.39 is 12.2 Å². The van der Waals surface area contributed by atoms with Crippen molar-refractivity contribution in [1.29, 1.82) is 0 Å². The standard InChI is InChI=1S/C6H6N4O3/c11-5-2-3(6(12)13)9-10-4(2)7-1-8-5/h1,5,11H,(H,12,13)(H2,7,8,9,10). The molecule has 0 aromatic carbocycles. The number of nitrogens with zero attached hydrogens (tertiary/aromatic N) is 2. The number of aliphatic imine (C=N–C) groups is 1. The lowest BCUT2D eigenvalue weighted by Gasteiger charge is -2.11. The van der Waals surface area contributed by atoms with Crippen molar-refractivity contribution in [3.63, 3.8) is 0 Å². The van der Waals surface area contributed by atoms with Crippen LogP contribution in [0.2, 0.25) is 0 Å². The van der Waals surface area contributed by atoms with Gasteiger partial charge in [-0.05, 0) is 0 Å². The molecule has 7 heteroatoms. The molecule has 7 nitrogen and oxygen atoms in total. The van der Waals surface area contributed by atoms with E-state index in [0.29, 0.717) is 5.82 Å². The van der Waals surface area contributed by atoms with E-state index in [1.807, 2.05) is 0 Å². The number of aliphatic hydroxyl groups excluding tert-OH is 1. The third-order valence-electron chi connectivity index (χ3n) is 1.69. The molecule has 2 heterocycles. The first-order valence-corrected chi connectivity index (χ1v) is 3.48. The van der Waals surface area contributed by atoms with Gasteiger partial charge in [-0.25, -0.2) is 9.79 Å². The average Bonchev–Trinajstić information content (AvgIpc) is 2.49. The number of anilines is 1. The van der Waals surface area contributed by atoms with E-state index >= 15 is 0 Å². The predicted molar refractivity (Wildman–Crippen MR) is 42.6 cm³/mol. The molecule has 0 saturated heterocycles. The van der Waals surface area contributed by atoms with Gasteiger partial charge in [-0.15, -0.1) is 0 Å². The lowest BCUT2D eigenvalue weighted by molar-refractivity contribution is 0.0683. The number of aromatic carboxylic acids is 1. The van der Waals surface area contributed by atoms with Crippen LogP contribution in [-0.4, -0.2) is 32.7 Å². The molecule has 0 fully saturated rings. The van der Waals surface area contributed by atoms with E-state index in [9.17, 15) is 9.90 Å². The number of hydrogen-bond acceptors (Lipinski definition) is 5. The topological polar surface area (TPSA) is 111 Å². The van der Waals surface area contributed by atoms with Gasteiger partial charge in [0.05, 0.1) is 11.9 Å². The van der Waals surface area contributed by atoms with Crippen molar-refractivity contribution in [2.75, 3.05) is 5.32 Å². The largest absolute Gasteiger partial charge is 0.477 e. The molecule has 1 atom stereocenters. The lowest BCUT2D eigenvalue weighted by Crippen LogP contribution is -2.12. The highest BCUT2D eigenvalue weighted by Gasteiger charge is 2.25. The molecule has 4 N–H and O–H groups in total. The SMILES string of the molecule is O=C(O)c1[nH]nc2c1C(O)N=CN2. The summed E-state index contributed by atoms with van der Waals surface area (Å²) in [6.07, 6.45) is 0.0977. The van der Waals surface area contributed by atoms with Crippen LogP contribution in [0.5, 0.6) is 0 Å². The summed E-state index contributed by atoms with van der Waals surface area (Å²) in [7, 11) is 0. The number of carbonyl (C=O) groups is 1. The quantitative estimate of drug-likeness (QED) is 0.470. The van der Waals surface area contributed by atoms with Crippen molar-refractivity contribution < 1.29 is 15.0 Å². The monoisotopic (exact) mass is 182 g/mol. The van der Waals surface area contributed by atoms with Crippen molar-refractivity contribution in [2.24, 2.45) is 4.99 Å². The zero-order valence-corrected chi connectivity index (χ0v) is 6.35. The van der Waals surface area contributed by atoms with Crippen LogP contribution >= 0.6 is 0 Å². The molecule has 1 aliphatic heterocycles. The fourth-order valence-corrected chi connectivity index (χ4v) is 1.12. The smallest absolute Gasteiger partial charge is 0.354 e. The van der Waals surface area contributed by atoms with Gasteiger partial charge in [0.15, 0.2) is 17.7 Å². The zero-order chi connectivity index (χ0) is 9.42. The summed E-state index contributed by atoms with van der Waals surface area (Å²) >= 11 is 0. The highest BCUT2D eigenvalue weighted by Crippen LogP contribution is 2.27. The number of aromatic nitrogens is 2. The highest BCUT2D eigenvalue weighted by atomic mass is 16.4. The summed E-state index contributed by atoms with van der Waals surface area (Å²) in [6, 6.07) is 0. The van der Waals surface area contributed by atoms with Gasteiger partial charge in [0.25, 0.3) is 0 Å². The van der Waals surface area contributed by atoms with E-state index in [1.165, 1.54) is 6.34 Å². The Balaban J connectivity index is 2.54. The van der Waals surface area contributed by atoms with Crippen molar-refractivity contribution in [1.82, 2.24) is 10.2 Å². The summed E-state index contributed by atoms with van der Waals surface area (Å²) < 4.78 is 0. The normalized spacial score (nSPS) is 19.3. The molecular formula is C6H6N4O3. The number of aliphatic hydroxyl groups is 1. The summed E-state index contributed by atoms with van der Waals surface area (Å²) in [4.78, 5) is 14.2. The Kier molecular flexibility index (Phi) is 1.52. The van der Waals surface area contributed by atoms with Crippen molar-refractivity contribution in [2.45, 2.75) is 6.23 Å². The van der Waals surface area contributed by atoms with Gasteiger partial charge in [0, 0.05) is 0 Å². The third kappa shape index (κ3) is 1.05. The number of hydrogen-bond donors (Lipinski definition) is 4. The minimum absolute atomic E-state index is 0.146. The van der Waals surface area contributed by atoms with Gasteiger partial charge in [-0.1, -0.05) is 0 Å². The van der Waals surface area contributed by atoms with Gasteiger partial charge in [0.2, 0.25) is 0 Å². The molecule has 0 spiro atoms. The third-order valence-corrected chi connectivity index (χ3v) is 1.69. The predicted octanol–water partition coefficient (Wildman–Crippen LogP) is -0.447. The van der Waals surface area contributed by atoms with Crippen LogP contribution in [0.15, 0.2) is 4.99 Å². The second-order valence-corrected chi connectivity index (χ2v) is 2.46. The molecule has 1 unspecified atom stereocenters. The van der Waals surface area contributed by atoms with Crippen LogP contribution in [0, 0.1) is 0 Å². The number of carboxylic acids is 1. The summed E-state index contributed by atoms with van der Waals surface area (Å²) in [6.45, 7) is 0. The second-order valence-electron chi connectivity index (χ2n) is 2.46. The summed E-state index contributed by atoms with van der Waals surface area (Å²) in [5, 5.41) is 26.6. The van der Waals surface area contributed by atoms with Gasteiger partial charge in [-0.2, -0.15) is 5.10 Å². The number of fused-ring (bicyclic) bond motifs is 1. The molecule has 1 aliphatic rings. The zero-order valence-electron chi connectivity index (χ0n) is 6.35. The van der Waals surface area contributed by atoms with Crippen LogP contribution in [0.4, 0.5) is 5.82 Å². The fourth-order valence-electron chi connectivity index (χ4n) is 1.12. The van der Waals surface area contributed by atoms with Crippen LogP contribution in [-0.2, 0) is 0 Å². The minimum Gasteiger partial charge on any atom is -0.477 e. The van der Waals surface area contributed by atoms with E-state index in [-0.39, 0.29) is 11.3 Å². The first-order chi connectivity index (χ1) is 6.20. The van der Waals surface area contributed by atoms with Gasteiger partial charge >= 0.3 is 5.97 Å². The molecule has 0 bridgehead atoms. The van der Waals surface area contributed by atoms with E-state index in [4.69, 9.17) is 5.11 Å². The molecule has 0 saturated carbocycles. The summed E-state index contributed by atoms with van der Waals surface area (Å²) in [5.74, 6) is -0.883. The Morgan fingerprint density at radius 3 is 3.08 bits per heavy atom. The van der Waals surface area contributed by atoms with Crippen LogP contribution < -0.4 is 5.32 Å². The molecule has 1 aromatic heterocycles. The highest BCUT2D eigenvalue weighted by molar-refractivity contribution is 5.91. The average molecular weight is 182 g/mol. The molecule has 0 aliphatic carbocycles. The van der Waals surface area contributed by atoms with Crippen LogP contribution in [0.1, 0.15) is 22.3 Å². The van der Waals surface area contributed by atoms with Crippen LogP contribution in [0.3, 0.4) is 0 Å². The number of aromatic amines is 1. The number of rotatable bonds is 1. The maximum absolute atomic E-state index is 10.6. The van der Waals surface area contributed by atoms with Crippen LogP contribution in [0.25, 0.3) is 0 Å². The molecule has 13 heavy (non-hydrogen) atoms. The Morgan fingerprint density at radius 1 is 1.62 bits per heavy atom. The first-order valence-electron chi connectivity index (χ1n) is 3.48. The Hall–Kier alpha value is -1.89. The number of H-pyrrole nitrogens is 1. The van der Waals surface area contributed by atoms with E-state index in [0.717, 1.165) is 0 Å². The molecule has 2 rings (SSSR count). The maximum Gasteiger partial charge on any atom is 0.354 e. The molecule has 1 aromatic rings. The first kappa shape index (κ1) is 7.74. The lowest BCUT2D eigenvalue weighted by atomic mass is 10.2. The Morgan fingerprint density at radius 2 is 2.38 bits per heavy atom. The van der Waals surface area contributed by atoms with E-state index in [1.54, 1.807) is 0 Å². The molecular weight excluding hydrogens is 176 g/mol. The minimum atomic E-state index is -1.17. The Bertz CT molecular complexity index is 383. The second kappa shape index (κ2) is 2.56. The van der Waals surface area contributed by atoms with Crippen molar-refractivity contribution in [3.8, 4) is 0 Å². The van der Waals surface area contributed by atoms with Gasteiger partial charge in [-0.3, -0.25) is 5.10 Å². The Labute approximate surface area is 72.1 Å². The maximum atomic E-state index is 10.6. The van der Waals surface area contributed by atoms with Crippen molar-refractivity contribution >= 4 is 18.1 Å². The number of nitrogens with one attached hydrogen (secondary N) is 2. The number of carboxylic acid groups (broad SMARTS) is 1. The molecule has 0 amide bonds. The fraction of sp³-hybridized carbons (Fsp3) is 0.167. The van der Waals surface area contributed by atoms with Crippen molar-refractivity contribution in [3.05, 3.63) is 11.3 Å². The summed E-state index contributed by atoms with van der Waals surface area (Å²) in [5.41, 5.74) is 0.0156. The molecule has 68 valence electrons. The van der Waals surface area contributed by atoms with Gasteiger partial charge in [0.1, 0.15) is 0 Å². The van der Waals surface area contributed by atoms with E-state index in [2.05, 4.69) is 20.5 Å².